The van der Waals surface area contributed by atoms with Crippen molar-refractivity contribution in [3.05, 3.63) is 34.9 Å². The third-order valence-corrected chi connectivity index (χ3v) is 5.97. The number of nitrogens with one attached hydrogen (secondary N) is 1. The molecule has 2 atom stereocenters. The van der Waals surface area contributed by atoms with E-state index in [9.17, 15) is 14.4 Å². The topological polar surface area (TPSA) is 84.9 Å². The zero-order valence-corrected chi connectivity index (χ0v) is 20.9. The highest BCUT2D eigenvalue weighted by Gasteiger charge is 2.48. The molecule has 2 rings (SSSR count). The van der Waals surface area contributed by atoms with Crippen molar-refractivity contribution in [1.29, 1.82) is 0 Å². The Morgan fingerprint density at radius 1 is 1.16 bits per heavy atom. The maximum atomic E-state index is 13.1. The minimum atomic E-state index is -1.20. The van der Waals surface area contributed by atoms with Crippen LogP contribution < -0.4 is 5.32 Å². The number of ketones is 1. The van der Waals surface area contributed by atoms with Crippen molar-refractivity contribution in [2.45, 2.75) is 71.0 Å². The van der Waals surface area contributed by atoms with Crippen molar-refractivity contribution >= 4 is 41.9 Å². The number of carbonyl (C=O) groups excluding carboxylic acids is 3. The first-order valence-corrected chi connectivity index (χ1v) is 11.1. The SMILES string of the molecule is CC(C)NC(C(=O)OCOC(=O)N(C)[C@]1(c2ccccc2Cl)CCCCC1=O)C(C)C.Cl. The van der Waals surface area contributed by atoms with Crippen LogP contribution in [0.4, 0.5) is 4.79 Å². The predicted octanol–water partition coefficient (Wildman–Crippen LogP) is 4.69. The van der Waals surface area contributed by atoms with E-state index in [-0.39, 0.29) is 30.2 Å². The second kappa shape index (κ2) is 12.4. The molecule has 1 aliphatic rings. The smallest absolute Gasteiger partial charge is 0.413 e. The summed E-state index contributed by atoms with van der Waals surface area (Å²) >= 11 is 6.41. The Kier molecular flexibility index (Phi) is 10.9. The first-order chi connectivity index (χ1) is 14.6. The third-order valence-electron chi connectivity index (χ3n) is 5.64. The molecular weight excluding hydrogens is 455 g/mol. The molecule has 32 heavy (non-hydrogen) atoms. The Labute approximate surface area is 201 Å². The Bertz CT molecular complexity index is 802. The average Bonchev–Trinajstić information content (AvgIpc) is 2.72. The van der Waals surface area contributed by atoms with Crippen LogP contribution in [0, 0.1) is 5.92 Å². The van der Waals surface area contributed by atoms with Gasteiger partial charge in [-0.3, -0.25) is 14.5 Å². The van der Waals surface area contributed by atoms with Gasteiger partial charge in [0.15, 0.2) is 5.78 Å². The van der Waals surface area contributed by atoms with Gasteiger partial charge in [0.25, 0.3) is 0 Å². The Balaban J connectivity index is 0.00000512. The quantitative estimate of drug-likeness (QED) is 0.421. The molecule has 1 amide bonds. The van der Waals surface area contributed by atoms with Gasteiger partial charge in [-0.15, -0.1) is 12.4 Å². The number of carbonyl (C=O) groups is 3. The lowest BCUT2D eigenvalue weighted by atomic mass is 9.74. The van der Waals surface area contributed by atoms with Gasteiger partial charge in [0.05, 0.1) is 0 Å². The highest BCUT2D eigenvalue weighted by molar-refractivity contribution is 6.31. The fourth-order valence-electron chi connectivity index (χ4n) is 4.00. The maximum Gasteiger partial charge on any atom is 0.413 e. The molecule has 1 aromatic rings. The number of rotatable bonds is 8. The second-order valence-corrected chi connectivity index (χ2v) is 8.97. The van der Waals surface area contributed by atoms with Crippen LogP contribution in [-0.4, -0.2) is 48.7 Å². The molecule has 180 valence electrons. The highest BCUT2D eigenvalue weighted by Crippen LogP contribution is 2.42. The summed E-state index contributed by atoms with van der Waals surface area (Å²) < 4.78 is 10.4. The number of hydrogen-bond donors (Lipinski definition) is 1. The van der Waals surface area contributed by atoms with Crippen molar-refractivity contribution in [2.24, 2.45) is 5.92 Å². The van der Waals surface area contributed by atoms with E-state index >= 15 is 0 Å². The van der Waals surface area contributed by atoms with Crippen LogP contribution in [0.15, 0.2) is 24.3 Å². The second-order valence-electron chi connectivity index (χ2n) is 8.56. The molecule has 0 saturated heterocycles. The summed E-state index contributed by atoms with van der Waals surface area (Å²) in [7, 11) is 1.52. The van der Waals surface area contributed by atoms with E-state index in [0.29, 0.717) is 23.4 Å². The Hall–Kier alpha value is -1.83. The van der Waals surface area contributed by atoms with Crippen LogP contribution in [0.3, 0.4) is 0 Å². The summed E-state index contributed by atoms with van der Waals surface area (Å²) in [6.45, 7) is 7.16. The Morgan fingerprint density at radius 3 is 2.38 bits per heavy atom. The fraction of sp³-hybridized carbons (Fsp3) is 0.609. The number of nitrogens with zero attached hydrogens (tertiary/aromatic N) is 1. The number of benzene rings is 1. The summed E-state index contributed by atoms with van der Waals surface area (Å²) in [5, 5.41) is 3.57. The van der Waals surface area contributed by atoms with E-state index in [2.05, 4.69) is 5.32 Å². The van der Waals surface area contributed by atoms with Crippen molar-refractivity contribution in [2.75, 3.05) is 13.8 Å². The summed E-state index contributed by atoms with van der Waals surface area (Å²) in [5.41, 5.74) is -0.615. The van der Waals surface area contributed by atoms with Gasteiger partial charge in [-0.05, 0) is 31.2 Å². The predicted molar refractivity (Wildman–Crippen MR) is 126 cm³/mol. The molecule has 0 radical (unpaired) electrons. The van der Waals surface area contributed by atoms with Gasteiger partial charge < -0.3 is 14.8 Å². The monoisotopic (exact) mass is 488 g/mol. The lowest BCUT2D eigenvalue weighted by molar-refractivity contribution is -0.157. The lowest BCUT2D eigenvalue weighted by Crippen LogP contribution is -2.54. The van der Waals surface area contributed by atoms with Gasteiger partial charge >= 0.3 is 12.1 Å². The summed E-state index contributed by atoms with van der Waals surface area (Å²) in [6, 6.07) is 6.63. The largest absolute Gasteiger partial charge is 0.427 e. The number of ether oxygens (including phenoxy) is 2. The van der Waals surface area contributed by atoms with Crippen LogP contribution >= 0.6 is 24.0 Å². The number of hydrogen-bond acceptors (Lipinski definition) is 6. The molecule has 0 spiro atoms. The first kappa shape index (κ1) is 28.2. The maximum absolute atomic E-state index is 13.1. The molecule has 1 aliphatic carbocycles. The van der Waals surface area contributed by atoms with Gasteiger partial charge in [0.2, 0.25) is 6.79 Å². The zero-order valence-electron chi connectivity index (χ0n) is 19.4. The molecule has 1 saturated carbocycles. The first-order valence-electron chi connectivity index (χ1n) is 10.7. The Morgan fingerprint density at radius 2 is 1.81 bits per heavy atom. The molecule has 9 heteroatoms. The lowest BCUT2D eigenvalue weighted by Gasteiger charge is -2.43. The normalized spacial score (nSPS) is 19.3. The molecular formula is C23H34Cl2N2O5. The van der Waals surface area contributed by atoms with Gasteiger partial charge in [-0.25, -0.2) is 4.79 Å². The van der Waals surface area contributed by atoms with E-state index in [0.717, 1.165) is 12.8 Å². The molecule has 0 aliphatic heterocycles. The number of amides is 1. The standard InChI is InChI=1S/C23H33ClN2O5.ClH/c1-15(2)20(25-16(3)4)21(28)30-14-31-22(29)26(5)23(13-9-8-12-19(23)27)17-10-6-7-11-18(17)24;/h6-7,10-11,15-16,20,25H,8-9,12-14H2,1-5H3;1H/t20?,23-;/m0./s1. The molecule has 1 unspecified atom stereocenters. The average molecular weight is 489 g/mol. The minimum absolute atomic E-state index is 0. The molecule has 1 aromatic carbocycles. The fourth-order valence-corrected chi connectivity index (χ4v) is 4.29. The van der Waals surface area contributed by atoms with E-state index in [4.69, 9.17) is 21.1 Å². The minimum Gasteiger partial charge on any atom is -0.427 e. The van der Waals surface area contributed by atoms with E-state index in [1.54, 1.807) is 24.3 Å². The number of halogens is 2. The molecule has 0 bridgehead atoms. The van der Waals surface area contributed by atoms with Crippen molar-refractivity contribution in [3.63, 3.8) is 0 Å². The molecule has 0 heterocycles. The van der Waals surface area contributed by atoms with Crippen LogP contribution in [-0.2, 0) is 24.6 Å². The highest BCUT2D eigenvalue weighted by atomic mass is 35.5. The van der Waals surface area contributed by atoms with Crippen molar-refractivity contribution in [3.8, 4) is 0 Å². The van der Waals surface area contributed by atoms with Gasteiger partial charge in [0, 0.05) is 30.1 Å². The van der Waals surface area contributed by atoms with Gasteiger partial charge in [-0.2, -0.15) is 0 Å². The molecule has 0 aromatic heterocycles. The van der Waals surface area contributed by atoms with E-state index in [1.807, 2.05) is 27.7 Å². The number of likely N-dealkylation sites (N-methyl/N-ethyl adjacent to an activating group) is 1. The molecule has 1 N–H and O–H groups in total. The summed E-state index contributed by atoms with van der Waals surface area (Å²) in [5.74, 6) is -0.561. The van der Waals surface area contributed by atoms with Crippen LogP contribution in [0.5, 0.6) is 0 Å². The molecule has 1 fully saturated rings. The van der Waals surface area contributed by atoms with Gasteiger partial charge in [-0.1, -0.05) is 57.5 Å². The number of Topliss-reactive ketones (excluding diaryl/α,β-unsaturated/α-hetero) is 1. The van der Waals surface area contributed by atoms with Crippen molar-refractivity contribution < 1.29 is 23.9 Å². The van der Waals surface area contributed by atoms with Crippen LogP contribution in [0.25, 0.3) is 0 Å². The molecule has 7 nitrogen and oxygen atoms in total. The summed E-state index contributed by atoms with van der Waals surface area (Å²) in [4.78, 5) is 39.6. The van der Waals surface area contributed by atoms with Crippen LogP contribution in [0.2, 0.25) is 5.02 Å². The zero-order chi connectivity index (χ0) is 23.2. The van der Waals surface area contributed by atoms with E-state index in [1.165, 1.54) is 11.9 Å². The van der Waals surface area contributed by atoms with Crippen LogP contribution in [0.1, 0.15) is 58.9 Å². The number of esters is 1. The van der Waals surface area contributed by atoms with Crippen molar-refractivity contribution in [1.82, 2.24) is 10.2 Å². The van der Waals surface area contributed by atoms with Gasteiger partial charge in [0.1, 0.15) is 11.6 Å². The van der Waals surface area contributed by atoms with E-state index < -0.39 is 30.4 Å². The third kappa shape index (κ3) is 6.36. The summed E-state index contributed by atoms with van der Waals surface area (Å²) in [6.07, 6.45) is 1.61.